The zero-order chi connectivity index (χ0) is 11.4. The molecule has 2 rings (SSSR count). The monoisotopic (exact) mass is 230 g/mol. The standard InChI is InChI=1S/C13H14N2S/c14-9-16-8-13(15)12-6-5-10-3-1-2-4-11(10)7-12/h1-8H,9,14-15H2/b13-8-. The largest absolute Gasteiger partial charge is 0.398 e. The second-order valence-electron chi connectivity index (χ2n) is 3.47. The number of nitrogens with two attached hydrogens (primary N) is 2. The molecule has 0 aliphatic rings. The lowest BCUT2D eigenvalue weighted by atomic mass is 10.1. The highest BCUT2D eigenvalue weighted by Gasteiger charge is 1.98. The molecule has 2 nitrogen and oxygen atoms in total. The Morgan fingerprint density at radius 1 is 1.12 bits per heavy atom. The van der Waals surface area contributed by atoms with Crippen molar-refractivity contribution in [3.05, 3.63) is 53.4 Å². The second-order valence-corrected chi connectivity index (χ2v) is 4.37. The van der Waals surface area contributed by atoms with Crippen LogP contribution in [0.2, 0.25) is 0 Å². The number of fused-ring (bicyclic) bond motifs is 1. The van der Waals surface area contributed by atoms with Gasteiger partial charge in [0.1, 0.15) is 0 Å². The maximum absolute atomic E-state index is 5.96. The highest BCUT2D eigenvalue weighted by molar-refractivity contribution is 8.02. The third-order valence-electron chi connectivity index (χ3n) is 2.39. The van der Waals surface area contributed by atoms with Crippen LogP contribution in [-0.2, 0) is 0 Å². The molecule has 0 heterocycles. The van der Waals surface area contributed by atoms with Crippen LogP contribution in [-0.4, -0.2) is 5.88 Å². The molecule has 0 atom stereocenters. The van der Waals surface area contributed by atoms with Crippen LogP contribution in [0.25, 0.3) is 16.5 Å². The quantitative estimate of drug-likeness (QED) is 0.797. The summed E-state index contributed by atoms with van der Waals surface area (Å²) < 4.78 is 0. The molecule has 16 heavy (non-hydrogen) atoms. The average molecular weight is 230 g/mol. The SMILES string of the molecule is NCS/C=C(\N)c1ccc2ccccc2c1. The first-order chi connectivity index (χ1) is 7.81. The highest BCUT2D eigenvalue weighted by atomic mass is 32.2. The maximum Gasteiger partial charge on any atom is 0.0452 e. The molecule has 0 aromatic heterocycles. The van der Waals surface area contributed by atoms with Crippen LogP contribution in [0.3, 0.4) is 0 Å². The number of hydrogen-bond donors (Lipinski definition) is 2. The third-order valence-corrected chi connectivity index (χ3v) is 3.00. The molecule has 4 N–H and O–H groups in total. The first-order valence-corrected chi connectivity index (χ1v) is 6.12. The Labute approximate surface area is 99.3 Å². The fraction of sp³-hybridized carbons (Fsp3) is 0.0769. The molecule has 0 aliphatic carbocycles. The van der Waals surface area contributed by atoms with Crippen molar-refractivity contribution in [2.45, 2.75) is 0 Å². The number of hydrogen-bond acceptors (Lipinski definition) is 3. The number of benzene rings is 2. The van der Waals surface area contributed by atoms with Gasteiger partial charge in [-0.2, -0.15) is 0 Å². The normalized spacial score (nSPS) is 11.9. The van der Waals surface area contributed by atoms with Crippen LogP contribution in [0.15, 0.2) is 47.9 Å². The number of rotatable bonds is 3. The first kappa shape index (κ1) is 11.0. The minimum atomic E-state index is 0.550. The Kier molecular flexibility index (Phi) is 3.49. The first-order valence-electron chi connectivity index (χ1n) is 5.08. The molecule has 3 heteroatoms. The summed E-state index contributed by atoms with van der Waals surface area (Å²) in [6.45, 7) is 0. The summed E-state index contributed by atoms with van der Waals surface area (Å²) >= 11 is 1.51. The fourth-order valence-corrected chi connectivity index (χ4v) is 1.99. The van der Waals surface area contributed by atoms with Gasteiger partial charge in [-0.15, -0.1) is 11.8 Å². The van der Waals surface area contributed by atoms with E-state index in [2.05, 4.69) is 24.3 Å². The summed E-state index contributed by atoms with van der Waals surface area (Å²) in [7, 11) is 0. The topological polar surface area (TPSA) is 52.0 Å². The van der Waals surface area contributed by atoms with E-state index >= 15 is 0 Å². The van der Waals surface area contributed by atoms with E-state index in [1.807, 2.05) is 23.6 Å². The third kappa shape index (κ3) is 2.38. The molecular weight excluding hydrogens is 216 g/mol. The lowest BCUT2D eigenvalue weighted by molar-refractivity contribution is 1.41. The molecule has 0 saturated heterocycles. The van der Waals surface area contributed by atoms with Gasteiger partial charge in [-0.1, -0.05) is 36.4 Å². The van der Waals surface area contributed by atoms with E-state index in [4.69, 9.17) is 11.5 Å². The molecule has 0 unspecified atom stereocenters. The van der Waals surface area contributed by atoms with Crippen molar-refractivity contribution in [3.8, 4) is 0 Å². The second kappa shape index (κ2) is 5.05. The summed E-state index contributed by atoms with van der Waals surface area (Å²) in [5.41, 5.74) is 13.2. The van der Waals surface area contributed by atoms with Gasteiger partial charge in [0.25, 0.3) is 0 Å². The van der Waals surface area contributed by atoms with Crippen LogP contribution in [0, 0.1) is 0 Å². The van der Waals surface area contributed by atoms with Gasteiger partial charge in [-0.3, -0.25) is 0 Å². The predicted molar refractivity (Wildman–Crippen MR) is 72.8 cm³/mol. The van der Waals surface area contributed by atoms with Crippen molar-refractivity contribution in [1.82, 2.24) is 0 Å². The van der Waals surface area contributed by atoms with Crippen molar-refractivity contribution in [3.63, 3.8) is 0 Å². The van der Waals surface area contributed by atoms with Crippen molar-refractivity contribution in [2.24, 2.45) is 11.5 Å². The predicted octanol–water partition coefficient (Wildman–Crippen LogP) is 2.75. The van der Waals surface area contributed by atoms with Crippen molar-refractivity contribution < 1.29 is 0 Å². The molecule has 2 aromatic carbocycles. The molecule has 0 bridgehead atoms. The zero-order valence-electron chi connectivity index (χ0n) is 8.89. The lowest BCUT2D eigenvalue weighted by Crippen LogP contribution is -1.97. The summed E-state index contributed by atoms with van der Waals surface area (Å²) in [6, 6.07) is 14.4. The van der Waals surface area contributed by atoms with E-state index in [0.717, 1.165) is 11.3 Å². The smallest absolute Gasteiger partial charge is 0.0452 e. The van der Waals surface area contributed by atoms with Crippen molar-refractivity contribution in [1.29, 1.82) is 0 Å². The molecular formula is C13H14N2S. The Morgan fingerprint density at radius 2 is 1.88 bits per heavy atom. The lowest BCUT2D eigenvalue weighted by Gasteiger charge is -2.03. The van der Waals surface area contributed by atoms with Gasteiger partial charge in [0.05, 0.1) is 0 Å². The van der Waals surface area contributed by atoms with Gasteiger partial charge in [0.2, 0.25) is 0 Å². The van der Waals surface area contributed by atoms with Crippen LogP contribution in [0.4, 0.5) is 0 Å². The Hall–Kier alpha value is -1.45. The van der Waals surface area contributed by atoms with Crippen LogP contribution >= 0.6 is 11.8 Å². The van der Waals surface area contributed by atoms with Crippen LogP contribution in [0.1, 0.15) is 5.56 Å². The highest BCUT2D eigenvalue weighted by Crippen LogP contribution is 2.20. The van der Waals surface area contributed by atoms with E-state index in [0.29, 0.717) is 5.88 Å². The van der Waals surface area contributed by atoms with Gasteiger partial charge in [0.15, 0.2) is 0 Å². The van der Waals surface area contributed by atoms with E-state index in [9.17, 15) is 0 Å². The van der Waals surface area contributed by atoms with E-state index in [1.54, 1.807) is 0 Å². The van der Waals surface area contributed by atoms with Gasteiger partial charge < -0.3 is 11.5 Å². The van der Waals surface area contributed by atoms with Crippen molar-refractivity contribution in [2.75, 3.05) is 5.88 Å². The van der Waals surface area contributed by atoms with E-state index < -0.39 is 0 Å². The van der Waals surface area contributed by atoms with Gasteiger partial charge in [-0.25, -0.2) is 0 Å². The molecule has 0 spiro atoms. The molecule has 0 aliphatic heterocycles. The molecule has 0 amide bonds. The minimum absolute atomic E-state index is 0.550. The summed E-state index contributed by atoms with van der Waals surface area (Å²) in [5.74, 6) is 0.550. The maximum atomic E-state index is 5.96. The van der Waals surface area contributed by atoms with Gasteiger partial charge in [0, 0.05) is 11.6 Å². The Bertz CT molecular complexity index is 520. The number of thioether (sulfide) groups is 1. The Balaban J connectivity index is 2.39. The molecule has 0 radical (unpaired) electrons. The summed E-state index contributed by atoms with van der Waals surface area (Å²) in [6.07, 6.45) is 0. The fourth-order valence-electron chi connectivity index (χ4n) is 1.57. The molecule has 0 saturated carbocycles. The molecule has 2 aromatic rings. The van der Waals surface area contributed by atoms with Gasteiger partial charge >= 0.3 is 0 Å². The average Bonchev–Trinajstić information content (AvgIpc) is 2.35. The van der Waals surface area contributed by atoms with Crippen molar-refractivity contribution >= 4 is 28.2 Å². The van der Waals surface area contributed by atoms with Gasteiger partial charge in [-0.05, 0) is 27.8 Å². The molecule has 82 valence electrons. The minimum Gasteiger partial charge on any atom is -0.398 e. The van der Waals surface area contributed by atoms with Crippen LogP contribution < -0.4 is 11.5 Å². The summed E-state index contributed by atoms with van der Waals surface area (Å²) in [4.78, 5) is 0. The zero-order valence-corrected chi connectivity index (χ0v) is 9.71. The summed E-state index contributed by atoms with van der Waals surface area (Å²) in [5, 5.41) is 4.32. The van der Waals surface area contributed by atoms with Crippen LogP contribution in [0.5, 0.6) is 0 Å². The van der Waals surface area contributed by atoms with E-state index in [1.165, 1.54) is 22.5 Å². The van der Waals surface area contributed by atoms with E-state index in [-0.39, 0.29) is 0 Å². The Morgan fingerprint density at radius 3 is 2.62 bits per heavy atom. The molecule has 0 fully saturated rings.